The molecular formula is C13H15ClN2O5. The third kappa shape index (κ3) is 5.39. The number of nitro groups is 1. The van der Waals surface area contributed by atoms with Crippen LogP contribution in [0.1, 0.15) is 25.3 Å². The molecule has 0 bridgehead atoms. The molecule has 1 rings (SSSR count). The molecule has 0 amide bonds. The molecule has 0 saturated carbocycles. The second-order valence-electron chi connectivity index (χ2n) is 4.06. The number of esters is 1. The van der Waals surface area contributed by atoms with Crippen LogP contribution < -0.4 is 0 Å². The first-order valence-electron chi connectivity index (χ1n) is 6.28. The summed E-state index contributed by atoms with van der Waals surface area (Å²) in [7, 11) is 0. The van der Waals surface area contributed by atoms with Crippen molar-refractivity contribution < 1.29 is 19.6 Å². The molecule has 0 aliphatic rings. The van der Waals surface area contributed by atoms with Crippen LogP contribution in [0.15, 0.2) is 17.1 Å². The topological polar surface area (TPSA) is 102 Å². The number of halogens is 1. The number of rotatable bonds is 7. The van der Waals surface area contributed by atoms with E-state index in [2.05, 4.69) is 4.99 Å². The fourth-order valence-corrected chi connectivity index (χ4v) is 1.77. The van der Waals surface area contributed by atoms with Gasteiger partial charge in [0.05, 0.1) is 11.5 Å². The molecule has 0 radical (unpaired) electrons. The van der Waals surface area contributed by atoms with Gasteiger partial charge in [-0.1, -0.05) is 11.6 Å². The zero-order chi connectivity index (χ0) is 15.8. The van der Waals surface area contributed by atoms with Gasteiger partial charge in [-0.25, -0.2) is 0 Å². The number of aliphatic imine (C=N–C) groups is 1. The van der Waals surface area contributed by atoms with Crippen molar-refractivity contribution in [2.45, 2.75) is 19.8 Å². The van der Waals surface area contributed by atoms with E-state index in [1.54, 1.807) is 6.92 Å². The first-order valence-corrected chi connectivity index (χ1v) is 6.65. The van der Waals surface area contributed by atoms with Gasteiger partial charge in [-0.2, -0.15) is 0 Å². The Morgan fingerprint density at radius 3 is 2.90 bits per heavy atom. The van der Waals surface area contributed by atoms with Crippen LogP contribution in [0.2, 0.25) is 5.02 Å². The van der Waals surface area contributed by atoms with Crippen molar-refractivity contribution in [1.29, 1.82) is 0 Å². The minimum Gasteiger partial charge on any atom is -0.502 e. The van der Waals surface area contributed by atoms with Gasteiger partial charge < -0.3 is 9.84 Å². The van der Waals surface area contributed by atoms with Crippen molar-refractivity contribution in [3.05, 3.63) is 32.8 Å². The summed E-state index contributed by atoms with van der Waals surface area (Å²) in [5, 5.41) is 20.6. The molecule has 8 heteroatoms. The quantitative estimate of drug-likeness (QED) is 0.274. The number of aromatic hydroxyl groups is 1. The molecule has 0 aliphatic heterocycles. The lowest BCUT2D eigenvalue weighted by atomic mass is 10.2. The summed E-state index contributed by atoms with van der Waals surface area (Å²) in [6.07, 6.45) is 2.02. The molecule has 0 saturated heterocycles. The van der Waals surface area contributed by atoms with Gasteiger partial charge in [-0.05, 0) is 19.4 Å². The maximum Gasteiger partial charge on any atom is 0.312 e. The van der Waals surface area contributed by atoms with E-state index in [0.717, 1.165) is 6.07 Å². The Morgan fingerprint density at radius 1 is 1.57 bits per heavy atom. The Bertz CT molecular complexity index is 560. The fraction of sp³-hybridized carbons (Fsp3) is 0.385. The summed E-state index contributed by atoms with van der Waals surface area (Å²) >= 11 is 5.74. The first kappa shape index (κ1) is 16.9. The number of hydrogen-bond acceptors (Lipinski definition) is 6. The molecule has 114 valence electrons. The van der Waals surface area contributed by atoms with Gasteiger partial charge in [0.2, 0.25) is 5.75 Å². The van der Waals surface area contributed by atoms with E-state index in [9.17, 15) is 20.0 Å². The SMILES string of the molecule is CCOC(=O)CCCN=Cc1cc(Cl)cc([N+](=O)[O-])c1O. The third-order valence-electron chi connectivity index (χ3n) is 2.48. The van der Waals surface area contributed by atoms with E-state index in [1.165, 1.54) is 12.3 Å². The average molecular weight is 315 g/mol. The lowest BCUT2D eigenvalue weighted by molar-refractivity contribution is -0.385. The molecule has 0 heterocycles. The van der Waals surface area contributed by atoms with Gasteiger partial charge in [0.15, 0.2) is 0 Å². The smallest absolute Gasteiger partial charge is 0.312 e. The Balaban J connectivity index is 2.64. The number of nitro benzene ring substituents is 1. The predicted octanol–water partition coefficient (Wildman–Crippen LogP) is 2.72. The second-order valence-corrected chi connectivity index (χ2v) is 4.50. The van der Waals surface area contributed by atoms with Gasteiger partial charge in [-0.3, -0.25) is 19.9 Å². The van der Waals surface area contributed by atoms with Crippen molar-refractivity contribution in [2.24, 2.45) is 4.99 Å². The Hall–Kier alpha value is -2.15. The average Bonchev–Trinajstić information content (AvgIpc) is 2.41. The number of phenolic OH excluding ortho intramolecular Hbond substituents is 1. The minimum atomic E-state index is -0.723. The van der Waals surface area contributed by atoms with Crippen LogP contribution in [0.5, 0.6) is 5.75 Å². The number of carbonyl (C=O) groups is 1. The van der Waals surface area contributed by atoms with E-state index in [-0.39, 0.29) is 23.0 Å². The summed E-state index contributed by atoms with van der Waals surface area (Å²) in [5.74, 6) is -0.785. The monoisotopic (exact) mass is 314 g/mol. The number of carbonyl (C=O) groups excluding carboxylic acids is 1. The normalized spacial score (nSPS) is 10.8. The summed E-state index contributed by atoms with van der Waals surface area (Å²) in [5.41, 5.74) is -0.319. The minimum absolute atomic E-state index is 0.132. The number of hydrogen-bond donors (Lipinski definition) is 1. The van der Waals surface area contributed by atoms with Gasteiger partial charge >= 0.3 is 11.7 Å². The highest BCUT2D eigenvalue weighted by molar-refractivity contribution is 6.31. The van der Waals surface area contributed by atoms with Gasteiger partial charge in [0, 0.05) is 35.8 Å². The second kappa shape index (κ2) is 8.21. The molecule has 1 N–H and O–H groups in total. The molecule has 7 nitrogen and oxygen atoms in total. The molecule has 0 atom stereocenters. The highest BCUT2D eigenvalue weighted by Gasteiger charge is 2.17. The lowest BCUT2D eigenvalue weighted by Gasteiger charge is -2.02. The molecule has 0 fully saturated rings. The summed E-state index contributed by atoms with van der Waals surface area (Å²) in [6.45, 7) is 2.39. The third-order valence-corrected chi connectivity index (χ3v) is 2.70. The molecule has 0 spiro atoms. The van der Waals surface area contributed by atoms with Gasteiger partial charge in [-0.15, -0.1) is 0 Å². The first-order chi connectivity index (χ1) is 9.95. The van der Waals surface area contributed by atoms with Crippen molar-refractivity contribution in [2.75, 3.05) is 13.2 Å². The molecule has 0 aliphatic carbocycles. The fourth-order valence-electron chi connectivity index (χ4n) is 1.55. The summed E-state index contributed by atoms with van der Waals surface area (Å²) in [4.78, 5) is 25.1. The van der Waals surface area contributed by atoms with E-state index in [1.807, 2.05) is 0 Å². The molecule has 0 aromatic heterocycles. The number of benzene rings is 1. The van der Waals surface area contributed by atoms with E-state index >= 15 is 0 Å². The zero-order valence-electron chi connectivity index (χ0n) is 11.4. The highest BCUT2D eigenvalue weighted by Crippen LogP contribution is 2.32. The molecule has 21 heavy (non-hydrogen) atoms. The zero-order valence-corrected chi connectivity index (χ0v) is 12.2. The maximum atomic E-state index is 11.1. The van der Waals surface area contributed by atoms with E-state index < -0.39 is 16.4 Å². The number of phenols is 1. The van der Waals surface area contributed by atoms with Crippen LogP contribution in [0.4, 0.5) is 5.69 Å². The number of ether oxygens (including phenoxy) is 1. The molecule has 1 aromatic rings. The predicted molar refractivity (Wildman–Crippen MR) is 78.1 cm³/mol. The Morgan fingerprint density at radius 2 is 2.29 bits per heavy atom. The largest absolute Gasteiger partial charge is 0.502 e. The van der Waals surface area contributed by atoms with Crippen molar-refractivity contribution >= 4 is 29.5 Å². The van der Waals surface area contributed by atoms with Crippen LogP contribution in [-0.4, -0.2) is 35.4 Å². The van der Waals surface area contributed by atoms with Crippen molar-refractivity contribution in [3.8, 4) is 5.75 Å². The molecule has 0 unspecified atom stereocenters. The lowest BCUT2D eigenvalue weighted by Crippen LogP contribution is -2.04. The molecule has 1 aromatic carbocycles. The van der Waals surface area contributed by atoms with E-state index in [4.69, 9.17) is 16.3 Å². The van der Waals surface area contributed by atoms with Crippen LogP contribution in [0.25, 0.3) is 0 Å². The van der Waals surface area contributed by atoms with Gasteiger partial charge in [0.25, 0.3) is 0 Å². The van der Waals surface area contributed by atoms with Crippen LogP contribution in [-0.2, 0) is 9.53 Å². The van der Waals surface area contributed by atoms with Crippen molar-refractivity contribution in [1.82, 2.24) is 0 Å². The van der Waals surface area contributed by atoms with Crippen LogP contribution in [0.3, 0.4) is 0 Å². The Labute approximate surface area is 126 Å². The summed E-state index contributed by atoms with van der Waals surface area (Å²) < 4.78 is 4.76. The van der Waals surface area contributed by atoms with Crippen LogP contribution in [0, 0.1) is 10.1 Å². The number of nitrogens with zero attached hydrogens (tertiary/aromatic N) is 2. The summed E-state index contributed by atoms with van der Waals surface area (Å²) in [6, 6.07) is 2.44. The van der Waals surface area contributed by atoms with Crippen LogP contribution >= 0.6 is 11.6 Å². The standard InChI is InChI=1S/C13H15ClN2O5/c1-2-21-12(17)4-3-5-15-8-9-6-10(14)7-11(13(9)18)16(19)20/h6-8,18H,2-5H2,1H3. The van der Waals surface area contributed by atoms with Gasteiger partial charge in [0.1, 0.15) is 0 Å². The van der Waals surface area contributed by atoms with E-state index in [0.29, 0.717) is 19.6 Å². The highest BCUT2D eigenvalue weighted by atomic mass is 35.5. The Kier molecular flexibility index (Phi) is 6.61. The maximum absolute atomic E-state index is 11.1. The van der Waals surface area contributed by atoms with Crippen molar-refractivity contribution in [3.63, 3.8) is 0 Å². The molecular weight excluding hydrogens is 300 g/mol.